The Balaban J connectivity index is 4.94. The maximum absolute atomic E-state index is 12.7. The van der Waals surface area contributed by atoms with E-state index < -0.39 is 70.0 Å². The molecule has 24 heavy (non-hydrogen) atoms. The first kappa shape index (κ1) is 23.4. The van der Waals surface area contributed by atoms with Crippen molar-refractivity contribution in [1.29, 1.82) is 0 Å². The second-order valence-corrected chi connectivity index (χ2v) is 7.76. The second kappa shape index (κ2) is 7.74. The molecule has 0 bridgehead atoms. The van der Waals surface area contributed by atoms with Crippen LogP contribution < -0.4 is 0 Å². The predicted molar refractivity (Wildman–Crippen MR) is 64.8 cm³/mol. The molecule has 0 aromatic rings. The fraction of sp³-hybridized carbons (Fsp3) is 1.00. The first-order chi connectivity index (χ1) is 10.4. The molecule has 0 radical (unpaired) electrons. The van der Waals surface area contributed by atoms with Crippen LogP contribution in [0, 0.1) is 5.41 Å². The zero-order valence-electron chi connectivity index (χ0n) is 12.0. The first-order valence-electron chi connectivity index (χ1n) is 5.93. The van der Waals surface area contributed by atoms with Crippen LogP contribution in [0.25, 0.3) is 0 Å². The monoisotopic (exact) mass is 408 g/mol. The Morgan fingerprint density at radius 3 is 1.79 bits per heavy atom. The van der Waals surface area contributed by atoms with Crippen molar-refractivity contribution in [3.05, 3.63) is 0 Å². The van der Waals surface area contributed by atoms with Crippen molar-refractivity contribution < 1.29 is 56.8 Å². The molecule has 0 aliphatic carbocycles. The van der Waals surface area contributed by atoms with Crippen molar-refractivity contribution in [2.24, 2.45) is 5.41 Å². The van der Waals surface area contributed by atoms with Crippen LogP contribution in [0.2, 0.25) is 0 Å². The lowest BCUT2D eigenvalue weighted by atomic mass is 9.90. The standard InChI is InChI=1S/C9H15F5O8S2/c1-7(2-3-23(15,16)17,5-22-24(18,19)20)4-21-6-8(10,11)9(12,13)14/h2-6H2,1H3,(H,15,16,17)(H,18,19,20)/p-2. The summed E-state index contributed by atoms with van der Waals surface area (Å²) < 4.78 is 132. The fourth-order valence-corrected chi connectivity index (χ4v) is 2.45. The number of rotatable bonds is 10. The SMILES string of the molecule is CC(CCS(=O)(=O)[O-])(COCC(F)(F)C(F)(F)F)COS(=O)(=O)[O-]. The van der Waals surface area contributed by atoms with E-state index in [1.54, 1.807) is 0 Å². The zero-order chi connectivity index (χ0) is 19.4. The van der Waals surface area contributed by atoms with Crippen molar-refractivity contribution in [2.45, 2.75) is 25.4 Å². The molecule has 15 heteroatoms. The van der Waals surface area contributed by atoms with E-state index in [4.69, 9.17) is 0 Å². The van der Waals surface area contributed by atoms with E-state index in [2.05, 4.69) is 8.92 Å². The molecule has 0 saturated carbocycles. The van der Waals surface area contributed by atoms with E-state index in [0.29, 0.717) is 0 Å². The first-order valence-corrected chi connectivity index (χ1v) is 8.84. The third-order valence-corrected chi connectivity index (χ3v) is 3.77. The number of ether oxygens (including phenoxy) is 1. The van der Waals surface area contributed by atoms with Crippen LogP contribution in [0.1, 0.15) is 13.3 Å². The molecule has 0 heterocycles. The molecule has 0 amide bonds. The molecular weight excluding hydrogens is 395 g/mol. The smallest absolute Gasteiger partial charge is 0.455 e. The summed E-state index contributed by atoms with van der Waals surface area (Å²) in [4.78, 5) is 0. The van der Waals surface area contributed by atoms with Crippen molar-refractivity contribution in [2.75, 3.05) is 25.6 Å². The highest BCUT2D eigenvalue weighted by molar-refractivity contribution is 7.85. The van der Waals surface area contributed by atoms with Gasteiger partial charge in [0.15, 0.2) is 0 Å². The molecule has 8 nitrogen and oxygen atoms in total. The van der Waals surface area contributed by atoms with Gasteiger partial charge in [0.05, 0.1) is 23.3 Å². The van der Waals surface area contributed by atoms with Gasteiger partial charge in [0.2, 0.25) is 10.4 Å². The highest BCUT2D eigenvalue weighted by atomic mass is 32.3. The summed E-state index contributed by atoms with van der Waals surface area (Å²) in [6.07, 6.45) is -6.59. The van der Waals surface area contributed by atoms with Gasteiger partial charge in [0.1, 0.15) is 6.61 Å². The van der Waals surface area contributed by atoms with Gasteiger partial charge in [-0.2, -0.15) is 22.0 Å². The fourth-order valence-electron chi connectivity index (χ4n) is 1.28. The van der Waals surface area contributed by atoms with E-state index in [9.17, 15) is 47.9 Å². The average molecular weight is 408 g/mol. The van der Waals surface area contributed by atoms with Crippen LogP contribution >= 0.6 is 0 Å². The number of hydrogen-bond acceptors (Lipinski definition) is 8. The number of halogens is 5. The number of alkyl halides is 5. The molecule has 0 spiro atoms. The van der Waals surface area contributed by atoms with E-state index in [0.717, 1.165) is 6.92 Å². The maximum Gasteiger partial charge on any atom is 0.455 e. The Hall–Kier alpha value is -0.610. The maximum atomic E-state index is 12.7. The summed E-state index contributed by atoms with van der Waals surface area (Å²) in [7, 11) is -10.1. The molecule has 0 aliphatic heterocycles. The highest BCUT2D eigenvalue weighted by Crippen LogP contribution is 2.36. The summed E-state index contributed by atoms with van der Waals surface area (Å²) in [5.41, 5.74) is -1.80. The van der Waals surface area contributed by atoms with Crippen LogP contribution in [-0.2, 0) is 29.4 Å². The van der Waals surface area contributed by atoms with Gasteiger partial charge < -0.3 is 13.8 Å². The molecule has 0 aromatic carbocycles. The van der Waals surface area contributed by atoms with Crippen molar-refractivity contribution in [3.8, 4) is 0 Å². The average Bonchev–Trinajstić information content (AvgIpc) is 2.31. The van der Waals surface area contributed by atoms with Gasteiger partial charge in [0.25, 0.3) is 0 Å². The van der Waals surface area contributed by atoms with Gasteiger partial charge in [-0.1, -0.05) is 6.92 Å². The van der Waals surface area contributed by atoms with Gasteiger partial charge >= 0.3 is 12.1 Å². The molecule has 0 rings (SSSR count). The quantitative estimate of drug-likeness (QED) is 0.292. The third kappa shape index (κ3) is 9.63. The lowest BCUT2D eigenvalue weighted by molar-refractivity contribution is -0.298. The normalized spacial score (nSPS) is 16.8. The van der Waals surface area contributed by atoms with Crippen LogP contribution in [0.5, 0.6) is 0 Å². The highest BCUT2D eigenvalue weighted by Gasteiger charge is 2.57. The Morgan fingerprint density at radius 2 is 1.42 bits per heavy atom. The Labute approximate surface area is 134 Å². The lowest BCUT2D eigenvalue weighted by Gasteiger charge is -2.30. The van der Waals surface area contributed by atoms with Gasteiger partial charge in [-0.25, -0.2) is 16.8 Å². The van der Waals surface area contributed by atoms with Gasteiger partial charge in [-0.3, -0.25) is 4.18 Å². The molecular formula is C9H13F5O8S2-2. The topological polar surface area (TPSA) is 133 Å². The van der Waals surface area contributed by atoms with Crippen molar-refractivity contribution in [3.63, 3.8) is 0 Å². The molecule has 0 saturated heterocycles. The second-order valence-electron chi connectivity index (χ2n) is 5.19. The van der Waals surface area contributed by atoms with E-state index >= 15 is 0 Å². The Bertz CT molecular complexity index is 576. The van der Waals surface area contributed by atoms with E-state index in [1.165, 1.54) is 0 Å². The van der Waals surface area contributed by atoms with E-state index in [-0.39, 0.29) is 0 Å². The Morgan fingerprint density at radius 1 is 0.917 bits per heavy atom. The molecule has 1 atom stereocenters. The molecule has 0 aliphatic rings. The van der Waals surface area contributed by atoms with Crippen LogP contribution in [-0.4, -0.2) is 63.6 Å². The zero-order valence-corrected chi connectivity index (χ0v) is 13.6. The molecule has 1 unspecified atom stereocenters. The summed E-state index contributed by atoms with van der Waals surface area (Å²) >= 11 is 0. The third-order valence-electron chi connectivity index (χ3n) is 2.66. The molecule has 0 aromatic heterocycles. The minimum absolute atomic E-state index is 0.702. The summed E-state index contributed by atoms with van der Waals surface area (Å²) in [5.74, 6) is -6.31. The molecule has 0 fully saturated rings. The van der Waals surface area contributed by atoms with Crippen LogP contribution in [0.4, 0.5) is 22.0 Å². The van der Waals surface area contributed by atoms with Crippen LogP contribution in [0.15, 0.2) is 0 Å². The minimum Gasteiger partial charge on any atom is -0.748 e. The predicted octanol–water partition coefficient (Wildman–Crippen LogP) is 0.619. The summed E-state index contributed by atoms with van der Waals surface area (Å²) in [5, 5.41) is 0. The summed E-state index contributed by atoms with van der Waals surface area (Å²) in [6.45, 7) is -3.24. The van der Waals surface area contributed by atoms with Crippen molar-refractivity contribution >= 4 is 20.5 Å². The summed E-state index contributed by atoms with van der Waals surface area (Å²) in [6, 6.07) is 0. The van der Waals surface area contributed by atoms with Gasteiger partial charge in [-0.15, -0.1) is 0 Å². The molecule has 0 N–H and O–H groups in total. The Kier molecular flexibility index (Phi) is 7.54. The van der Waals surface area contributed by atoms with Crippen molar-refractivity contribution in [1.82, 2.24) is 0 Å². The molecule has 146 valence electrons. The largest absolute Gasteiger partial charge is 0.748 e. The van der Waals surface area contributed by atoms with Crippen LogP contribution in [0.3, 0.4) is 0 Å². The minimum atomic E-state index is -5.89. The van der Waals surface area contributed by atoms with Gasteiger partial charge in [-0.05, 0) is 6.42 Å². The van der Waals surface area contributed by atoms with E-state index in [1.807, 2.05) is 0 Å². The lowest BCUT2D eigenvalue weighted by Crippen LogP contribution is -2.42. The number of hydrogen-bond donors (Lipinski definition) is 0. The van der Waals surface area contributed by atoms with Gasteiger partial charge in [0, 0.05) is 11.2 Å².